The summed E-state index contributed by atoms with van der Waals surface area (Å²) in [7, 11) is 0. The highest BCUT2D eigenvalue weighted by Crippen LogP contribution is 2.33. The lowest BCUT2D eigenvalue weighted by Crippen LogP contribution is -2.27. The van der Waals surface area contributed by atoms with Gasteiger partial charge in [-0.15, -0.1) is 0 Å². The van der Waals surface area contributed by atoms with Gasteiger partial charge >= 0.3 is 0 Å². The van der Waals surface area contributed by atoms with Crippen LogP contribution < -0.4 is 4.74 Å². The summed E-state index contributed by atoms with van der Waals surface area (Å²) in [5, 5.41) is 0. The molecule has 29 heavy (non-hydrogen) atoms. The van der Waals surface area contributed by atoms with Crippen molar-refractivity contribution in [2.45, 2.75) is 13.2 Å². The van der Waals surface area contributed by atoms with Gasteiger partial charge in [0.15, 0.2) is 0 Å². The molecule has 0 radical (unpaired) electrons. The fraction of sp³-hybridized carbons (Fsp3) is 0.0833. The van der Waals surface area contributed by atoms with Crippen molar-refractivity contribution >= 4 is 40.3 Å². The number of nitrogens with zero attached hydrogens (tertiary/aromatic N) is 1. The molecule has 0 aliphatic carbocycles. The van der Waals surface area contributed by atoms with Crippen LogP contribution in [0.25, 0.3) is 6.08 Å². The lowest BCUT2D eigenvalue weighted by atomic mass is 10.2. The molecule has 4 rings (SSSR count). The highest BCUT2D eigenvalue weighted by Gasteiger charge is 2.31. The van der Waals surface area contributed by atoms with Crippen molar-refractivity contribution in [2.75, 3.05) is 0 Å². The Balaban J connectivity index is 1.41. The number of benzene rings is 3. The Kier molecular flexibility index (Phi) is 6.08. The quantitative estimate of drug-likeness (QED) is 0.382. The van der Waals surface area contributed by atoms with E-state index in [0.717, 1.165) is 22.4 Å². The number of ether oxygens (including phenoxy) is 1. The zero-order valence-corrected chi connectivity index (χ0v) is 17.3. The number of carbonyl (C=O) groups is 1. The van der Waals surface area contributed by atoms with Crippen LogP contribution in [0.4, 0.5) is 0 Å². The first kappa shape index (κ1) is 19.4. The first-order valence-corrected chi connectivity index (χ1v) is 10.5. The molecule has 3 nitrogen and oxygen atoms in total. The second-order valence-electron chi connectivity index (χ2n) is 6.60. The van der Waals surface area contributed by atoms with Crippen LogP contribution in [0.2, 0.25) is 0 Å². The molecule has 0 atom stereocenters. The molecular weight excluding hydrogens is 398 g/mol. The van der Waals surface area contributed by atoms with Crippen LogP contribution in [-0.2, 0) is 17.9 Å². The Labute approximate surface area is 180 Å². The average Bonchev–Trinajstić information content (AvgIpc) is 3.02. The van der Waals surface area contributed by atoms with E-state index in [1.807, 2.05) is 91.0 Å². The number of hydrogen-bond acceptors (Lipinski definition) is 4. The topological polar surface area (TPSA) is 29.5 Å². The van der Waals surface area contributed by atoms with E-state index in [9.17, 15) is 4.79 Å². The van der Waals surface area contributed by atoms with Gasteiger partial charge in [0.1, 0.15) is 16.7 Å². The molecule has 0 aromatic heterocycles. The van der Waals surface area contributed by atoms with Gasteiger partial charge in [0, 0.05) is 0 Å². The Morgan fingerprint density at radius 1 is 0.862 bits per heavy atom. The SMILES string of the molecule is O=C1/C(=C\c2ccc(OCc3ccccc3)cc2)SC(=S)N1Cc1ccccc1. The summed E-state index contributed by atoms with van der Waals surface area (Å²) in [5.41, 5.74) is 3.13. The molecule has 1 saturated heterocycles. The number of thioether (sulfide) groups is 1. The molecule has 0 saturated carbocycles. The van der Waals surface area contributed by atoms with E-state index in [2.05, 4.69) is 0 Å². The van der Waals surface area contributed by atoms with Crippen LogP contribution >= 0.6 is 24.0 Å². The fourth-order valence-corrected chi connectivity index (χ4v) is 4.21. The van der Waals surface area contributed by atoms with Crippen LogP contribution in [0, 0.1) is 0 Å². The van der Waals surface area contributed by atoms with Crippen molar-refractivity contribution in [2.24, 2.45) is 0 Å². The highest BCUT2D eigenvalue weighted by molar-refractivity contribution is 8.26. The van der Waals surface area contributed by atoms with Crippen molar-refractivity contribution < 1.29 is 9.53 Å². The predicted octanol–water partition coefficient (Wildman–Crippen LogP) is 5.67. The summed E-state index contributed by atoms with van der Waals surface area (Å²) in [6, 6.07) is 27.7. The zero-order valence-electron chi connectivity index (χ0n) is 15.7. The monoisotopic (exact) mass is 417 g/mol. The number of hydrogen-bond donors (Lipinski definition) is 0. The summed E-state index contributed by atoms with van der Waals surface area (Å²) >= 11 is 6.76. The summed E-state index contributed by atoms with van der Waals surface area (Å²) < 4.78 is 6.41. The second kappa shape index (κ2) is 9.07. The van der Waals surface area contributed by atoms with Crippen molar-refractivity contribution in [3.63, 3.8) is 0 Å². The van der Waals surface area contributed by atoms with Gasteiger partial charge in [-0.2, -0.15) is 0 Å². The van der Waals surface area contributed by atoms with Crippen LogP contribution in [0.1, 0.15) is 16.7 Å². The van der Waals surface area contributed by atoms with E-state index in [0.29, 0.717) is 22.4 Å². The molecule has 3 aromatic carbocycles. The third-order valence-corrected chi connectivity index (χ3v) is 5.86. The fourth-order valence-electron chi connectivity index (χ4n) is 2.95. The third kappa shape index (κ3) is 4.94. The van der Waals surface area contributed by atoms with Gasteiger partial charge in [-0.05, 0) is 34.9 Å². The van der Waals surface area contributed by atoms with E-state index < -0.39 is 0 Å². The zero-order chi connectivity index (χ0) is 20.1. The van der Waals surface area contributed by atoms with Gasteiger partial charge in [-0.25, -0.2) is 0 Å². The Hall–Kier alpha value is -2.89. The van der Waals surface area contributed by atoms with Gasteiger partial charge in [-0.3, -0.25) is 9.69 Å². The van der Waals surface area contributed by atoms with Gasteiger partial charge in [0.25, 0.3) is 5.91 Å². The van der Waals surface area contributed by atoms with Crippen molar-refractivity contribution in [3.8, 4) is 5.75 Å². The van der Waals surface area contributed by atoms with Gasteiger partial charge in [-0.1, -0.05) is 96.8 Å². The molecule has 0 spiro atoms. The average molecular weight is 418 g/mol. The molecule has 0 unspecified atom stereocenters. The van der Waals surface area contributed by atoms with E-state index in [-0.39, 0.29) is 5.91 Å². The van der Waals surface area contributed by atoms with Crippen LogP contribution in [0.15, 0.2) is 89.8 Å². The molecule has 1 aliphatic heterocycles. The van der Waals surface area contributed by atoms with E-state index in [1.54, 1.807) is 4.90 Å². The van der Waals surface area contributed by atoms with Gasteiger partial charge in [0.2, 0.25) is 0 Å². The third-order valence-electron chi connectivity index (χ3n) is 4.48. The molecule has 3 aromatic rings. The van der Waals surface area contributed by atoms with Crippen molar-refractivity contribution in [1.82, 2.24) is 4.90 Å². The molecular formula is C24H19NO2S2. The normalized spacial score (nSPS) is 15.2. The minimum absolute atomic E-state index is 0.0479. The number of amides is 1. The molecule has 0 N–H and O–H groups in total. The van der Waals surface area contributed by atoms with E-state index in [4.69, 9.17) is 17.0 Å². The first-order valence-electron chi connectivity index (χ1n) is 9.25. The van der Waals surface area contributed by atoms with Gasteiger partial charge < -0.3 is 4.74 Å². The minimum atomic E-state index is -0.0479. The maximum absolute atomic E-state index is 12.8. The predicted molar refractivity (Wildman–Crippen MR) is 122 cm³/mol. The standard InChI is InChI=1S/C24H19NO2S2/c26-23-22(29-24(28)25(23)16-19-7-3-1-4-8-19)15-18-11-13-21(14-12-18)27-17-20-9-5-2-6-10-20/h1-15H,16-17H2/b22-15+. The Morgan fingerprint density at radius 3 is 2.14 bits per heavy atom. The lowest BCUT2D eigenvalue weighted by molar-refractivity contribution is -0.122. The minimum Gasteiger partial charge on any atom is -0.489 e. The van der Waals surface area contributed by atoms with Gasteiger partial charge in [0.05, 0.1) is 11.4 Å². The maximum Gasteiger partial charge on any atom is 0.266 e. The van der Waals surface area contributed by atoms with Crippen molar-refractivity contribution in [3.05, 3.63) is 107 Å². The Bertz CT molecular complexity index is 1030. The lowest BCUT2D eigenvalue weighted by Gasteiger charge is -2.14. The summed E-state index contributed by atoms with van der Waals surface area (Å²) in [6.45, 7) is 1.02. The molecule has 1 aliphatic rings. The number of carbonyl (C=O) groups excluding carboxylic acids is 1. The summed E-state index contributed by atoms with van der Waals surface area (Å²) in [6.07, 6.45) is 1.88. The molecule has 1 fully saturated rings. The summed E-state index contributed by atoms with van der Waals surface area (Å²) in [4.78, 5) is 15.1. The molecule has 1 amide bonds. The molecule has 5 heteroatoms. The first-order chi connectivity index (χ1) is 14.2. The largest absolute Gasteiger partial charge is 0.489 e. The highest BCUT2D eigenvalue weighted by atomic mass is 32.2. The van der Waals surface area contributed by atoms with Crippen molar-refractivity contribution in [1.29, 1.82) is 0 Å². The molecule has 1 heterocycles. The molecule has 144 valence electrons. The second-order valence-corrected chi connectivity index (χ2v) is 8.27. The Morgan fingerprint density at radius 2 is 1.48 bits per heavy atom. The smallest absolute Gasteiger partial charge is 0.266 e. The summed E-state index contributed by atoms with van der Waals surface area (Å²) in [5.74, 6) is 0.746. The van der Waals surface area contributed by atoms with E-state index in [1.165, 1.54) is 11.8 Å². The maximum atomic E-state index is 12.8. The van der Waals surface area contributed by atoms with E-state index >= 15 is 0 Å². The number of thiocarbonyl (C=S) groups is 1. The molecule has 0 bridgehead atoms. The van der Waals surface area contributed by atoms with Crippen LogP contribution in [-0.4, -0.2) is 15.1 Å². The number of rotatable bonds is 6. The van der Waals surface area contributed by atoms with Crippen LogP contribution in [0.5, 0.6) is 5.75 Å². The van der Waals surface area contributed by atoms with Crippen LogP contribution in [0.3, 0.4) is 0 Å².